The number of nitrogens with one attached hydrogen (secondary N) is 1. The smallest absolute Gasteiger partial charge is 0.306 e. The van der Waals surface area contributed by atoms with Crippen LogP contribution in [-0.2, 0) is 20.7 Å². The minimum absolute atomic E-state index is 0.156. The Morgan fingerprint density at radius 2 is 2.00 bits per heavy atom. The number of fused-ring (bicyclic) bond motifs is 1. The zero-order valence-electron chi connectivity index (χ0n) is 17.6. The van der Waals surface area contributed by atoms with Gasteiger partial charge in [-0.05, 0) is 44.1 Å². The van der Waals surface area contributed by atoms with Crippen LogP contribution in [0.5, 0.6) is 0 Å². The van der Waals surface area contributed by atoms with E-state index in [1.54, 1.807) is 4.52 Å². The Balaban J connectivity index is 1.50. The fraction of sp³-hybridized carbons (Fsp3) is 0.650. The first kappa shape index (κ1) is 21.0. The van der Waals surface area contributed by atoms with Gasteiger partial charge < -0.3 is 15.8 Å². The van der Waals surface area contributed by atoms with E-state index in [4.69, 9.17) is 10.5 Å². The van der Waals surface area contributed by atoms with Gasteiger partial charge in [-0.2, -0.15) is 9.50 Å². The molecule has 0 spiro atoms. The molecular formula is C20H30N6O3. The van der Waals surface area contributed by atoms with Crippen molar-refractivity contribution in [2.24, 2.45) is 11.8 Å². The quantitative estimate of drug-likeness (QED) is 0.705. The van der Waals surface area contributed by atoms with Crippen molar-refractivity contribution in [1.29, 1.82) is 0 Å². The van der Waals surface area contributed by atoms with Crippen LogP contribution in [0.4, 0.5) is 5.95 Å². The molecule has 3 rings (SSSR count). The van der Waals surface area contributed by atoms with Gasteiger partial charge in [0.15, 0.2) is 6.61 Å². The van der Waals surface area contributed by atoms with Gasteiger partial charge in [0, 0.05) is 23.9 Å². The molecule has 3 N–H and O–H groups in total. The molecule has 2 heterocycles. The highest BCUT2D eigenvalue weighted by Crippen LogP contribution is 2.29. The molecule has 0 unspecified atom stereocenters. The summed E-state index contributed by atoms with van der Waals surface area (Å²) in [6.45, 7) is 7.88. The van der Waals surface area contributed by atoms with E-state index >= 15 is 0 Å². The zero-order chi connectivity index (χ0) is 21.1. The van der Waals surface area contributed by atoms with Crippen molar-refractivity contribution in [2.45, 2.75) is 65.8 Å². The van der Waals surface area contributed by atoms with Gasteiger partial charge in [0.25, 0.3) is 11.7 Å². The molecule has 2 aromatic rings. The van der Waals surface area contributed by atoms with E-state index in [0.29, 0.717) is 24.0 Å². The second-order valence-corrected chi connectivity index (χ2v) is 8.04. The highest BCUT2D eigenvalue weighted by molar-refractivity contribution is 5.80. The molecule has 29 heavy (non-hydrogen) atoms. The maximum atomic E-state index is 12.2. The molecule has 9 heteroatoms. The van der Waals surface area contributed by atoms with Crippen LogP contribution in [0.3, 0.4) is 0 Å². The summed E-state index contributed by atoms with van der Waals surface area (Å²) in [4.78, 5) is 32.8. The Bertz CT molecular complexity index is 909. The lowest BCUT2D eigenvalue weighted by atomic mass is 9.78. The molecule has 1 saturated carbocycles. The second kappa shape index (κ2) is 8.75. The Morgan fingerprint density at radius 1 is 1.24 bits per heavy atom. The highest BCUT2D eigenvalue weighted by atomic mass is 16.5. The summed E-state index contributed by atoms with van der Waals surface area (Å²) < 4.78 is 6.75. The first-order valence-corrected chi connectivity index (χ1v) is 10.2. The molecule has 0 radical (unpaired) electrons. The number of hydrogen-bond acceptors (Lipinski definition) is 7. The van der Waals surface area contributed by atoms with Crippen LogP contribution < -0.4 is 11.1 Å². The van der Waals surface area contributed by atoms with Crippen molar-refractivity contribution >= 4 is 23.6 Å². The fourth-order valence-corrected chi connectivity index (χ4v) is 4.07. The van der Waals surface area contributed by atoms with E-state index < -0.39 is 5.97 Å². The second-order valence-electron chi connectivity index (χ2n) is 8.04. The number of aromatic nitrogens is 4. The molecule has 158 valence electrons. The molecule has 1 aliphatic carbocycles. The number of rotatable bonds is 6. The van der Waals surface area contributed by atoms with Gasteiger partial charge in [-0.25, -0.2) is 4.98 Å². The van der Waals surface area contributed by atoms with E-state index in [0.717, 1.165) is 29.8 Å². The number of anilines is 1. The highest BCUT2D eigenvalue weighted by Gasteiger charge is 2.28. The van der Waals surface area contributed by atoms with Gasteiger partial charge in [-0.15, -0.1) is 5.10 Å². The normalized spacial score (nSPS) is 21.9. The van der Waals surface area contributed by atoms with E-state index in [2.05, 4.69) is 34.2 Å². The minimum Gasteiger partial charge on any atom is -0.456 e. The largest absolute Gasteiger partial charge is 0.456 e. The number of nitrogens with two attached hydrogens (primary N) is 1. The number of amides is 1. The maximum absolute atomic E-state index is 12.2. The van der Waals surface area contributed by atoms with E-state index in [-0.39, 0.29) is 30.9 Å². The van der Waals surface area contributed by atoms with Gasteiger partial charge in [0.1, 0.15) is 0 Å². The number of aryl methyl sites for hydroxylation is 2. The topological polar surface area (TPSA) is 124 Å². The number of hydrogen-bond donors (Lipinski definition) is 2. The number of carbonyl (C=O) groups is 2. The Kier molecular flexibility index (Phi) is 6.34. The van der Waals surface area contributed by atoms with Crippen LogP contribution >= 0.6 is 0 Å². The molecule has 0 bridgehead atoms. The maximum Gasteiger partial charge on any atom is 0.306 e. The average Bonchev–Trinajstić information content (AvgIpc) is 3.04. The molecule has 2 aromatic heterocycles. The third-order valence-electron chi connectivity index (χ3n) is 6.06. The van der Waals surface area contributed by atoms with Crippen molar-refractivity contribution in [3.05, 3.63) is 17.0 Å². The molecule has 0 aromatic carbocycles. The van der Waals surface area contributed by atoms with Crippen molar-refractivity contribution in [1.82, 2.24) is 24.9 Å². The molecule has 1 aliphatic rings. The molecule has 3 atom stereocenters. The summed E-state index contributed by atoms with van der Waals surface area (Å²) in [5.41, 5.74) is 8.14. The summed E-state index contributed by atoms with van der Waals surface area (Å²) >= 11 is 0. The van der Waals surface area contributed by atoms with E-state index in [1.165, 1.54) is 6.42 Å². The Labute approximate surface area is 170 Å². The van der Waals surface area contributed by atoms with Crippen molar-refractivity contribution in [3.63, 3.8) is 0 Å². The third-order valence-corrected chi connectivity index (χ3v) is 6.06. The molecule has 1 fully saturated rings. The molecular weight excluding hydrogens is 372 g/mol. The zero-order valence-corrected chi connectivity index (χ0v) is 17.6. The van der Waals surface area contributed by atoms with Crippen molar-refractivity contribution < 1.29 is 14.3 Å². The number of nitrogens with zero attached hydrogens (tertiary/aromatic N) is 4. The molecule has 0 aliphatic heterocycles. The summed E-state index contributed by atoms with van der Waals surface area (Å²) in [5.74, 6) is 0.966. The standard InChI is InChI=1S/C20H30N6O3/c1-11-6-5-7-16(12(11)2)23-17(27)10-29-18(28)9-8-15-13(3)22-20-24-19(21)25-26(20)14(15)4/h11-12,16H,5-10H2,1-4H3,(H2,21,25)(H,23,27)/t11-,12+,16+/m1/s1. The number of esters is 1. The summed E-state index contributed by atoms with van der Waals surface area (Å²) in [7, 11) is 0. The summed E-state index contributed by atoms with van der Waals surface area (Å²) in [6.07, 6.45) is 3.89. The third kappa shape index (κ3) is 4.83. The summed E-state index contributed by atoms with van der Waals surface area (Å²) in [5, 5.41) is 7.13. The molecule has 1 amide bonds. The van der Waals surface area contributed by atoms with Crippen LogP contribution in [0, 0.1) is 25.7 Å². The summed E-state index contributed by atoms with van der Waals surface area (Å²) in [6, 6.07) is 0.156. The van der Waals surface area contributed by atoms with Crippen molar-refractivity contribution in [3.8, 4) is 0 Å². The molecule has 9 nitrogen and oxygen atoms in total. The Hall–Kier alpha value is -2.71. The van der Waals surface area contributed by atoms with Crippen LogP contribution in [0.25, 0.3) is 5.78 Å². The van der Waals surface area contributed by atoms with Crippen LogP contribution in [0.1, 0.15) is 56.5 Å². The lowest BCUT2D eigenvalue weighted by molar-refractivity contribution is -0.148. The van der Waals surface area contributed by atoms with Gasteiger partial charge >= 0.3 is 5.97 Å². The first-order valence-electron chi connectivity index (χ1n) is 10.2. The van der Waals surface area contributed by atoms with E-state index in [9.17, 15) is 9.59 Å². The predicted molar refractivity (Wildman–Crippen MR) is 108 cm³/mol. The average molecular weight is 402 g/mol. The predicted octanol–water partition coefficient (Wildman–Crippen LogP) is 1.74. The van der Waals surface area contributed by atoms with Crippen LogP contribution in [0.15, 0.2) is 0 Å². The number of ether oxygens (including phenoxy) is 1. The Morgan fingerprint density at radius 3 is 2.76 bits per heavy atom. The lowest BCUT2D eigenvalue weighted by Gasteiger charge is -2.34. The van der Waals surface area contributed by atoms with Crippen molar-refractivity contribution in [2.75, 3.05) is 12.3 Å². The fourth-order valence-electron chi connectivity index (χ4n) is 4.07. The van der Waals surface area contributed by atoms with Gasteiger partial charge in [0.2, 0.25) is 5.95 Å². The lowest BCUT2D eigenvalue weighted by Crippen LogP contribution is -2.45. The first-order chi connectivity index (χ1) is 13.8. The van der Waals surface area contributed by atoms with Gasteiger partial charge in [-0.3, -0.25) is 9.59 Å². The van der Waals surface area contributed by atoms with Crippen LogP contribution in [0.2, 0.25) is 0 Å². The van der Waals surface area contributed by atoms with E-state index in [1.807, 2.05) is 13.8 Å². The number of carbonyl (C=O) groups excluding carboxylic acids is 2. The SMILES string of the molecule is Cc1nc2nc(N)nn2c(C)c1CCC(=O)OCC(=O)N[C@H]1CCC[C@@H](C)[C@@H]1C. The monoisotopic (exact) mass is 402 g/mol. The van der Waals surface area contributed by atoms with Gasteiger partial charge in [0.05, 0.1) is 0 Å². The number of nitrogen functional groups attached to an aromatic ring is 1. The molecule has 0 saturated heterocycles. The van der Waals surface area contributed by atoms with Crippen LogP contribution in [-0.4, -0.2) is 44.1 Å². The van der Waals surface area contributed by atoms with Gasteiger partial charge in [-0.1, -0.05) is 26.7 Å². The minimum atomic E-state index is -0.415.